The molecular formula is C14H24N4O. The zero-order chi connectivity index (χ0) is 13.8. The van der Waals surface area contributed by atoms with Crippen LogP contribution in [0.2, 0.25) is 0 Å². The first-order valence-electron chi connectivity index (χ1n) is 6.99. The number of rotatable bonds is 5. The van der Waals surface area contributed by atoms with Gasteiger partial charge in [-0.3, -0.25) is 4.90 Å². The van der Waals surface area contributed by atoms with E-state index in [-0.39, 0.29) is 6.04 Å². The van der Waals surface area contributed by atoms with Gasteiger partial charge in [-0.1, -0.05) is 0 Å². The van der Waals surface area contributed by atoms with Crippen molar-refractivity contribution in [1.29, 1.82) is 0 Å². The molecule has 1 fully saturated rings. The molecule has 2 heterocycles. The lowest BCUT2D eigenvalue weighted by Crippen LogP contribution is -2.42. The smallest absolute Gasteiger partial charge is 0.147 e. The van der Waals surface area contributed by atoms with E-state index in [9.17, 15) is 5.11 Å². The predicted octanol–water partition coefficient (Wildman–Crippen LogP) is 0.971. The molecule has 1 aliphatic heterocycles. The molecule has 1 aromatic heterocycles. The summed E-state index contributed by atoms with van der Waals surface area (Å²) in [5, 5.41) is 13.6. The Labute approximate surface area is 115 Å². The van der Waals surface area contributed by atoms with Crippen molar-refractivity contribution in [2.45, 2.75) is 50.9 Å². The first-order valence-corrected chi connectivity index (χ1v) is 6.99. The molecule has 0 bridgehead atoms. The lowest BCUT2D eigenvalue weighted by Gasteiger charge is -2.31. The molecule has 0 saturated carbocycles. The van der Waals surface area contributed by atoms with Crippen molar-refractivity contribution in [1.82, 2.24) is 20.2 Å². The number of nitrogens with one attached hydrogen (secondary N) is 1. The summed E-state index contributed by atoms with van der Waals surface area (Å²) < 4.78 is 0. The molecule has 5 heteroatoms. The van der Waals surface area contributed by atoms with Gasteiger partial charge >= 0.3 is 0 Å². The minimum absolute atomic E-state index is 0.154. The van der Waals surface area contributed by atoms with E-state index in [1.807, 2.05) is 7.05 Å². The van der Waals surface area contributed by atoms with Crippen LogP contribution in [0, 0.1) is 0 Å². The van der Waals surface area contributed by atoms with E-state index in [4.69, 9.17) is 0 Å². The predicted molar refractivity (Wildman–Crippen MR) is 74.7 cm³/mol. The minimum atomic E-state index is -0.494. The Morgan fingerprint density at radius 2 is 2.11 bits per heavy atom. The number of aliphatic hydroxyl groups excluding tert-OH is 1. The first-order chi connectivity index (χ1) is 9.08. The van der Waals surface area contributed by atoms with Gasteiger partial charge in [-0.25, -0.2) is 9.97 Å². The molecule has 2 N–H and O–H groups in total. The molecule has 1 aliphatic rings. The second kappa shape index (κ2) is 6.41. The van der Waals surface area contributed by atoms with Crippen LogP contribution >= 0.6 is 0 Å². The standard InChI is InChI=1S/C14H24N4O/c1-10-5-6-12(17-10)9-18(3)13(11(2)19)14-15-7-4-8-16-14/h4,7-8,10-13,17,19H,5-6,9H2,1-3H3. The maximum absolute atomic E-state index is 10.0. The summed E-state index contributed by atoms with van der Waals surface area (Å²) >= 11 is 0. The van der Waals surface area contributed by atoms with Crippen molar-refractivity contribution < 1.29 is 5.11 Å². The first kappa shape index (κ1) is 14.4. The quantitative estimate of drug-likeness (QED) is 0.830. The van der Waals surface area contributed by atoms with E-state index in [1.165, 1.54) is 12.8 Å². The van der Waals surface area contributed by atoms with Crippen molar-refractivity contribution in [2.75, 3.05) is 13.6 Å². The Kier molecular flexibility index (Phi) is 4.85. The van der Waals surface area contributed by atoms with Crippen molar-refractivity contribution >= 4 is 0 Å². The Bertz CT molecular complexity index is 384. The fourth-order valence-corrected chi connectivity index (χ4v) is 2.87. The van der Waals surface area contributed by atoms with Gasteiger partial charge < -0.3 is 10.4 Å². The zero-order valence-electron chi connectivity index (χ0n) is 12.0. The van der Waals surface area contributed by atoms with Crippen LogP contribution < -0.4 is 5.32 Å². The summed E-state index contributed by atoms with van der Waals surface area (Å²) in [4.78, 5) is 10.7. The monoisotopic (exact) mass is 264 g/mol. The fourth-order valence-electron chi connectivity index (χ4n) is 2.87. The van der Waals surface area contributed by atoms with Gasteiger partial charge in [-0.05, 0) is 39.8 Å². The normalized spacial score (nSPS) is 26.6. The number of likely N-dealkylation sites (N-methyl/N-ethyl adjacent to an activating group) is 1. The minimum Gasteiger partial charge on any atom is -0.391 e. The van der Waals surface area contributed by atoms with Crippen LogP contribution in [-0.4, -0.2) is 51.8 Å². The molecule has 0 spiro atoms. The average molecular weight is 264 g/mol. The summed E-state index contributed by atoms with van der Waals surface area (Å²) in [6.07, 6.45) is 5.36. The highest BCUT2D eigenvalue weighted by Gasteiger charge is 2.28. The van der Waals surface area contributed by atoms with Crippen LogP contribution in [-0.2, 0) is 0 Å². The molecule has 106 valence electrons. The summed E-state index contributed by atoms with van der Waals surface area (Å²) in [6.45, 7) is 4.91. The van der Waals surface area contributed by atoms with Crippen LogP contribution in [0.15, 0.2) is 18.5 Å². The Morgan fingerprint density at radius 1 is 1.42 bits per heavy atom. The molecule has 0 aromatic carbocycles. The van der Waals surface area contributed by atoms with E-state index in [0.717, 1.165) is 6.54 Å². The molecule has 0 aliphatic carbocycles. The molecule has 0 amide bonds. The topological polar surface area (TPSA) is 61.3 Å². The van der Waals surface area contributed by atoms with Crippen LogP contribution in [0.5, 0.6) is 0 Å². The van der Waals surface area contributed by atoms with Crippen molar-refractivity contribution in [3.05, 3.63) is 24.3 Å². The van der Waals surface area contributed by atoms with Gasteiger partial charge in [0.25, 0.3) is 0 Å². The summed E-state index contributed by atoms with van der Waals surface area (Å²) in [7, 11) is 2.03. The van der Waals surface area contributed by atoms with Crippen molar-refractivity contribution in [2.24, 2.45) is 0 Å². The third kappa shape index (κ3) is 3.72. The number of aromatic nitrogens is 2. The van der Waals surface area contributed by atoms with Gasteiger partial charge in [0, 0.05) is 31.0 Å². The van der Waals surface area contributed by atoms with Crippen LogP contribution in [0.25, 0.3) is 0 Å². The van der Waals surface area contributed by atoms with E-state index >= 15 is 0 Å². The van der Waals surface area contributed by atoms with Crippen LogP contribution in [0.3, 0.4) is 0 Å². The molecule has 0 radical (unpaired) electrons. The second-order valence-electron chi connectivity index (χ2n) is 5.57. The Balaban J connectivity index is 2.03. The Morgan fingerprint density at radius 3 is 2.63 bits per heavy atom. The summed E-state index contributed by atoms with van der Waals surface area (Å²) in [5.41, 5.74) is 0. The lowest BCUT2D eigenvalue weighted by molar-refractivity contribution is 0.0663. The summed E-state index contributed by atoms with van der Waals surface area (Å²) in [5.74, 6) is 0.686. The average Bonchev–Trinajstić information content (AvgIpc) is 2.75. The van der Waals surface area contributed by atoms with Gasteiger partial charge in [-0.2, -0.15) is 0 Å². The van der Waals surface area contributed by atoms with E-state index in [1.54, 1.807) is 25.4 Å². The third-order valence-corrected chi connectivity index (χ3v) is 3.76. The van der Waals surface area contributed by atoms with E-state index in [0.29, 0.717) is 17.9 Å². The lowest BCUT2D eigenvalue weighted by atomic mass is 10.1. The molecule has 1 saturated heterocycles. The molecule has 4 unspecified atom stereocenters. The third-order valence-electron chi connectivity index (χ3n) is 3.76. The van der Waals surface area contributed by atoms with E-state index in [2.05, 4.69) is 27.1 Å². The van der Waals surface area contributed by atoms with Gasteiger partial charge in [0.05, 0.1) is 12.1 Å². The fraction of sp³-hybridized carbons (Fsp3) is 0.714. The van der Waals surface area contributed by atoms with E-state index < -0.39 is 6.10 Å². The highest BCUT2D eigenvalue weighted by molar-refractivity contribution is 4.99. The molecule has 4 atom stereocenters. The highest BCUT2D eigenvalue weighted by Crippen LogP contribution is 2.21. The molecule has 2 rings (SSSR count). The SMILES string of the molecule is CC1CCC(CN(C)C(c2ncccn2)C(C)O)N1. The van der Waals surface area contributed by atoms with Crippen LogP contribution in [0.4, 0.5) is 0 Å². The molecular weight excluding hydrogens is 240 g/mol. The summed E-state index contributed by atoms with van der Waals surface area (Å²) in [6, 6.07) is 2.73. The number of nitrogens with zero attached hydrogens (tertiary/aromatic N) is 3. The van der Waals surface area contributed by atoms with Crippen molar-refractivity contribution in [3.63, 3.8) is 0 Å². The van der Waals surface area contributed by atoms with Gasteiger partial charge in [-0.15, -0.1) is 0 Å². The molecule has 1 aromatic rings. The van der Waals surface area contributed by atoms with Crippen LogP contribution in [0.1, 0.15) is 38.6 Å². The molecule has 19 heavy (non-hydrogen) atoms. The maximum atomic E-state index is 10.0. The Hall–Kier alpha value is -1.04. The van der Waals surface area contributed by atoms with Gasteiger partial charge in [0.15, 0.2) is 0 Å². The number of hydrogen-bond donors (Lipinski definition) is 2. The molecule has 5 nitrogen and oxygen atoms in total. The number of hydrogen-bond acceptors (Lipinski definition) is 5. The van der Waals surface area contributed by atoms with Gasteiger partial charge in [0.2, 0.25) is 0 Å². The highest BCUT2D eigenvalue weighted by atomic mass is 16.3. The second-order valence-corrected chi connectivity index (χ2v) is 5.57. The number of aliphatic hydroxyl groups is 1. The maximum Gasteiger partial charge on any atom is 0.147 e. The van der Waals surface area contributed by atoms with Crippen molar-refractivity contribution in [3.8, 4) is 0 Å². The largest absolute Gasteiger partial charge is 0.391 e. The van der Waals surface area contributed by atoms with Gasteiger partial charge in [0.1, 0.15) is 5.82 Å². The zero-order valence-corrected chi connectivity index (χ0v) is 12.0.